The van der Waals surface area contributed by atoms with Crippen LogP contribution < -0.4 is 10.6 Å². The molecule has 0 bridgehead atoms. The van der Waals surface area contributed by atoms with Crippen molar-refractivity contribution in [2.75, 3.05) is 11.9 Å². The summed E-state index contributed by atoms with van der Waals surface area (Å²) >= 11 is 5.90. The Bertz CT molecular complexity index is 596. The van der Waals surface area contributed by atoms with E-state index in [0.29, 0.717) is 24.5 Å². The first kappa shape index (κ1) is 15.4. The summed E-state index contributed by atoms with van der Waals surface area (Å²) in [4.78, 5) is 11.8. The van der Waals surface area contributed by atoms with Gasteiger partial charge in [0.05, 0.1) is 0 Å². The maximum atomic E-state index is 11.8. The fourth-order valence-electron chi connectivity index (χ4n) is 1.91. The minimum absolute atomic E-state index is 0.0325. The molecule has 1 amide bonds. The summed E-state index contributed by atoms with van der Waals surface area (Å²) < 4.78 is 0. The van der Waals surface area contributed by atoms with Gasteiger partial charge in [0.25, 0.3) is 0 Å². The monoisotopic (exact) mass is 302 g/mol. The van der Waals surface area contributed by atoms with E-state index in [0.717, 1.165) is 11.3 Å². The van der Waals surface area contributed by atoms with Gasteiger partial charge in [-0.25, -0.2) is 0 Å². The molecule has 0 aliphatic heterocycles. The van der Waals surface area contributed by atoms with Crippen LogP contribution in [-0.2, 0) is 11.3 Å². The van der Waals surface area contributed by atoms with E-state index in [2.05, 4.69) is 10.6 Å². The van der Waals surface area contributed by atoms with Gasteiger partial charge in [-0.1, -0.05) is 47.5 Å². The van der Waals surface area contributed by atoms with Crippen molar-refractivity contribution in [1.29, 1.82) is 0 Å². The van der Waals surface area contributed by atoms with Crippen LogP contribution in [0.5, 0.6) is 0 Å². The van der Waals surface area contributed by atoms with E-state index in [1.165, 1.54) is 5.56 Å². The van der Waals surface area contributed by atoms with Crippen molar-refractivity contribution < 1.29 is 4.79 Å². The summed E-state index contributed by atoms with van der Waals surface area (Å²) in [6.45, 7) is 3.19. The van der Waals surface area contributed by atoms with E-state index in [1.807, 2.05) is 55.5 Å². The molecule has 0 aromatic heterocycles. The standard InChI is InChI=1S/C17H19ClN2O/c1-13-5-7-14(8-6-13)12-20-17(21)9-10-19-16-4-2-3-15(18)11-16/h2-8,11,19H,9-10,12H2,1H3,(H,20,21). The predicted octanol–water partition coefficient (Wildman–Crippen LogP) is 3.77. The third-order valence-corrected chi connectivity index (χ3v) is 3.35. The number of nitrogens with one attached hydrogen (secondary N) is 2. The zero-order valence-electron chi connectivity index (χ0n) is 12.0. The molecule has 0 saturated heterocycles. The molecule has 0 unspecified atom stereocenters. The topological polar surface area (TPSA) is 41.1 Å². The highest BCUT2D eigenvalue weighted by Crippen LogP contribution is 2.14. The second-order valence-electron chi connectivity index (χ2n) is 4.95. The van der Waals surface area contributed by atoms with E-state index in [1.54, 1.807) is 0 Å². The Balaban J connectivity index is 1.69. The number of carbonyl (C=O) groups excluding carboxylic acids is 1. The van der Waals surface area contributed by atoms with Gasteiger partial charge in [0.15, 0.2) is 0 Å². The molecule has 0 atom stereocenters. The first-order valence-corrected chi connectivity index (χ1v) is 7.33. The Morgan fingerprint density at radius 3 is 2.62 bits per heavy atom. The van der Waals surface area contributed by atoms with Crippen LogP contribution in [0.1, 0.15) is 17.5 Å². The number of anilines is 1. The molecule has 21 heavy (non-hydrogen) atoms. The number of rotatable bonds is 6. The van der Waals surface area contributed by atoms with E-state index in [-0.39, 0.29) is 5.91 Å². The number of amides is 1. The number of halogens is 1. The molecule has 0 saturated carbocycles. The zero-order valence-corrected chi connectivity index (χ0v) is 12.8. The van der Waals surface area contributed by atoms with Crippen LogP contribution in [0, 0.1) is 6.92 Å². The molecule has 0 spiro atoms. The van der Waals surface area contributed by atoms with Gasteiger partial charge in [-0.15, -0.1) is 0 Å². The summed E-state index contributed by atoms with van der Waals surface area (Å²) in [7, 11) is 0. The predicted molar refractivity (Wildman–Crippen MR) is 87.6 cm³/mol. The van der Waals surface area contributed by atoms with Crippen LogP contribution in [0.4, 0.5) is 5.69 Å². The molecule has 2 aromatic rings. The van der Waals surface area contributed by atoms with Crippen LogP contribution in [0.3, 0.4) is 0 Å². The average Bonchev–Trinajstić information content (AvgIpc) is 2.47. The van der Waals surface area contributed by atoms with Crippen LogP contribution in [0.25, 0.3) is 0 Å². The summed E-state index contributed by atoms with van der Waals surface area (Å²) in [5.41, 5.74) is 3.25. The Labute approximate surface area is 130 Å². The lowest BCUT2D eigenvalue weighted by molar-refractivity contribution is -0.121. The van der Waals surface area contributed by atoms with Gasteiger partial charge in [0.1, 0.15) is 0 Å². The number of hydrogen-bond donors (Lipinski definition) is 2. The summed E-state index contributed by atoms with van der Waals surface area (Å²) in [6.07, 6.45) is 0.429. The van der Waals surface area contributed by atoms with Gasteiger partial charge < -0.3 is 10.6 Å². The third kappa shape index (κ3) is 5.48. The maximum Gasteiger partial charge on any atom is 0.222 e. The number of aryl methyl sites for hydroxylation is 1. The first-order chi connectivity index (χ1) is 10.1. The maximum absolute atomic E-state index is 11.8. The van der Waals surface area contributed by atoms with Crippen molar-refractivity contribution in [1.82, 2.24) is 5.32 Å². The minimum Gasteiger partial charge on any atom is -0.384 e. The molecule has 0 radical (unpaired) electrons. The van der Waals surface area contributed by atoms with Crippen molar-refractivity contribution >= 4 is 23.2 Å². The number of hydrogen-bond acceptors (Lipinski definition) is 2. The van der Waals surface area contributed by atoms with E-state index >= 15 is 0 Å². The van der Waals surface area contributed by atoms with Gasteiger partial charge in [-0.2, -0.15) is 0 Å². The fraction of sp³-hybridized carbons (Fsp3) is 0.235. The lowest BCUT2D eigenvalue weighted by Gasteiger charge is -2.08. The van der Waals surface area contributed by atoms with Crippen molar-refractivity contribution in [2.24, 2.45) is 0 Å². The average molecular weight is 303 g/mol. The van der Waals surface area contributed by atoms with Crippen molar-refractivity contribution in [3.05, 3.63) is 64.7 Å². The molecule has 0 fully saturated rings. The summed E-state index contributed by atoms with van der Waals surface area (Å²) in [5, 5.41) is 6.77. The molecule has 4 heteroatoms. The Kier molecular flexibility index (Phi) is 5.64. The van der Waals surface area contributed by atoms with E-state index in [4.69, 9.17) is 11.6 Å². The fourth-order valence-corrected chi connectivity index (χ4v) is 2.10. The third-order valence-electron chi connectivity index (χ3n) is 3.12. The normalized spacial score (nSPS) is 10.2. The highest BCUT2D eigenvalue weighted by Gasteiger charge is 2.01. The van der Waals surface area contributed by atoms with E-state index in [9.17, 15) is 4.79 Å². The summed E-state index contributed by atoms with van der Waals surface area (Å²) in [6, 6.07) is 15.6. The molecule has 0 aliphatic carbocycles. The Morgan fingerprint density at radius 2 is 1.90 bits per heavy atom. The highest BCUT2D eigenvalue weighted by molar-refractivity contribution is 6.30. The Morgan fingerprint density at radius 1 is 1.14 bits per heavy atom. The van der Waals surface area contributed by atoms with Crippen LogP contribution in [0.15, 0.2) is 48.5 Å². The Hall–Kier alpha value is -2.00. The number of benzene rings is 2. The largest absolute Gasteiger partial charge is 0.384 e. The quantitative estimate of drug-likeness (QED) is 0.853. The lowest BCUT2D eigenvalue weighted by Crippen LogP contribution is -2.24. The molecular formula is C17H19ClN2O. The van der Waals surface area contributed by atoms with Crippen LogP contribution in [0.2, 0.25) is 5.02 Å². The molecular weight excluding hydrogens is 284 g/mol. The molecule has 2 N–H and O–H groups in total. The molecule has 2 aromatic carbocycles. The smallest absolute Gasteiger partial charge is 0.222 e. The second kappa shape index (κ2) is 7.70. The van der Waals surface area contributed by atoms with Gasteiger partial charge in [0.2, 0.25) is 5.91 Å². The van der Waals surface area contributed by atoms with Crippen LogP contribution >= 0.6 is 11.6 Å². The van der Waals surface area contributed by atoms with Crippen molar-refractivity contribution in [3.63, 3.8) is 0 Å². The highest BCUT2D eigenvalue weighted by atomic mass is 35.5. The zero-order chi connectivity index (χ0) is 15.1. The van der Waals surface area contributed by atoms with Crippen molar-refractivity contribution in [3.8, 4) is 0 Å². The lowest BCUT2D eigenvalue weighted by atomic mass is 10.1. The van der Waals surface area contributed by atoms with Crippen LogP contribution in [-0.4, -0.2) is 12.5 Å². The molecule has 3 nitrogen and oxygen atoms in total. The SMILES string of the molecule is Cc1ccc(CNC(=O)CCNc2cccc(Cl)c2)cc1. The van der Waals surface area contributed by atoms with Gasteiger partial charge in [-0.3, -0.25) is 4.79 Å². The molecule has 110 valence electrons. The molecule has 2 rings (SSSR count). The summed E-state index contributed by atoms with van der Waals surface area (Å²) in [5.74, 6) is 0.0325. The number of carbonyl (C=O) groups is 1. The van der Waals surface area contributed by atoms with Gasteiger partial charge >= 0.3 is 0 Å². The van der Waals surface area contributed by atoms with E-state index < -0.39 is 0 Å². The van der Waals surface area contributed by atoms with Crippen molar-refractivity contribution in [2.45, 2.75) is 19.9 Å². The van der Waals surface area contributed by atoms with Gasteiger partial charge in [-0.05, 0) is 30.7 Å². The first-order valence-electron chi connectivity index (χ1n) is 6.95. The minimum atomic E-state index is 0.0325. The van der Waals surface area contributed by atoms with Gasteiger partial charge in [0, 0.05) is 30.2 Å². The molecule has 0 heterocycles. The molecule has 0 aliphatic rings. The second-order valence-corrected chi connectivity index (χ2v) is 5.39.